The van der Waals surface area contributed by atoms with Gasteiger partial charge in [-0.05, 0) is 37.6 Å². The number of pyridine rings is 1. The number of aryl methyl sites for hydroxylation is 1. The number of aromatic hydroxyl groups is 2. The van der Waals surface area contributed by atoms with Crippen LogP contribution in [0.5, 0.6) is 11.5 Å². The SMILES string of the molecule is Cc1ccnc(Cl)c1NC(C)c1ccc(O)cc1O. The van der Waals surface area contributed by atoms with Crippen LogP contribution in [0, 0.1) is 6.92 Å². The van der Waals surface area contributed by atoms with Crippen molar-refractivity contribution in [1.82, 2.24) is 4.98 Å². The van der Waals surface area contributed by atoms with E-state index in [4.69, 9.17) is 11.6 Å². The standard InChI is InChI=1S/C14H15ClN2O2/c1-8-5-6-16-14(15)13(8)17-9(2)11-4-3-10(18)7-12(11)19/h3-7,9,17-19H,1-2H3. The van der Waals surface area contributed by atoms with Crippen LogP contribution in [-0.2, 0) is 0 Å². The van der Waals surface area contributed by atoms with Crippen LogP contribution in [-0.4, -0.2) is 15.2 Å². The molecule has 0 aliphatic heterocycles. The van der Waals surface area contributed by atoms with E-state index in [1.165, 1.54) is 12.1 Å². The topological polar surface area (TPSA) is 65.4 Å². The lowest BCUT2D eigenvalue weighted by Crippen LogP contribution is -2.08. The molecule has 19 heavy (non-hydrogen) atoms. The molecule has 0 aliphatic carbocycles. The monoisotopic (exact) mass is 278 g/mol. The molecule has 0 spiro atoms. The van der Waals surface area contributed by atoms with Crippen LogP contribution in [0.2, 0.25) is 5.15 Å². The molecule has 1 atom stereocenters. The van der Waals surface area contributed by atoms with Gasteiger partial charge in [-0.25, -0.2) is 4.98 Å². The van der Waals surface area contributed by atoms with Crippen molar-refractivity contribution in [2.75, 3.05) is 5.32 Å². The Labute approximate surface area is 116 Å². The summed E-state index contributed by atoms with van der Waals surface area (Å²) in [6, 6.07) is 6.21. The summed E-state index contributed by atoms with van der Waals surface area (Å²) < 4.78 is 0. The van der Waals surface area contributed by atoms with Crippen LogP contribution in [0.1, 0.15) is 24.1 Å². The van der Waals surface area contributed by atoms with Crippen LogP contribution in [0.15, 0.2) is 30.5 Å². The van der Waals surface area contributed by atoms with E-state index in [2.05, 4.69) is 10.3 Å². The molecule has 1 unspecified atom stereocenters. The number of anilines is 1. The van der Waals surface area contributed by atoms with Crippen molar-refractivity contribution in [3.05, 3.63) is 46.7 Å². The van der Waals surface area contributed by atoms with Crippen molar-refractivity contribution in [3.63, 3.8) is 0 Å². The number of phenols is 2. The van der Waals surface area contributed by atoms with E-state index in [1.54, 1.807) is 12.3 Å². The van der Waals surface area contributed by atoms with Crippen molar-refractivity contribution in [1.29, 1.82) is 0 Å². The molecule has 2 aromatic rings. The molecule has 0 fully saturated rings. The summed E-state index contributed by atoms with van der Waals surface area (Å²) in [5.41, 5.74) is 2.39. The number of phenolic OH excluding ortho intramolecular Hbond substituents is 2. The second-order valence-corrected chi connectivity index (χ2v) is 4.76. The highest BCUT2D eigenvalue weighted by atomic mass is 35.5. The Balaban J connectivity index is 2.28. The smallest absolute Gasteiger partial charge is 0.152 e. The predicted molar refractivity (Wildman–Crippen MR) is 75.8 cm³/mol. The highest BCUT2D eigenvalue weighted by Crippen LogP contribution is 2.32. The first kappa shape index (κ1) is 13.5. The summed E-state index contributed by atoms with van der Waals surface area (Å²) in [4.78, 5) is 4.02. The number of hydrogen-bond acceptors (Lipinski definition) is 4. The third-order valence-electron chi connectivity index (χ3n) is 2.95. The molecular formula is C14H15ClN2O2. The van der Waals surface area contributed by atoms with Crippen molar-refractivity contribution in [3.8, 4) is 11.5 Å². The van der Waals surface area contributed by atoms with Gasteiger partial charge in [0.1, 0.15) is 11.5 Å². The summed E-state index contributed by atoms with van der Waals surface area (Å²) in [5.74, 6) is 0.0710. The zero-order valence-corrected chi connectivity index (χ0v) is 11.4. The van der Waals surface area contributed by atoms with Crippen molar-refractivity contribution in [2.24, 2.45) is 0 Å². The molecule has 2 rings (SSSR count). The van der Waals surface area contributed by atoms with Gasteiger partial charge in [0.05, 0.1) is 11.7 Å². The number of rotatable bonds is 3. The fraction of sp³-hybridized carbons (Fsp3) is 0.214. The van der Waals surface area contributed by atoms with Crippen LogP contribution in [0.3, 0.4) is 0 Å². The molecule has 3 N–H and O–H groups in total. The van der Waals surface area contributed by atoms with E-state index in [0.717, 1.165) is 11.3 Å². The molecule has 1 aromatic carbocycles. The van der Waals surface area contributed by atoms with E-state index < -0.39 is 0 Å². The van der Waals surface area contributed by atoms with Crippen molar-refractivity contribution in [2.45, 2.75) is 19.9 Å². The Morgan fingerprint density at radius 3 is 2.63 bits per heavy atom. The first-order valence-electron chi connectivity index (χ1n) is 5.88. The lowest BCUT2D eigenvalue weighted by molar-refractivity contribution is 0.444. The summed E-state index contributed by atoms with van der Waals surface area (Å²) in [7, 11) is 0. The summed E-state index contributed by atoms with van der Waals surface area (Å²) >= 11 is 6.05. The molecule has 1 aromatic heterocycles. The number of nitrogens with one attached hydrogen (secondary N) is 1. The lowest BCUT2D eigenvalue weighted by atomic mass is 10.1. The molecule has 5 heteroatoms. The van der Waals surface area contributed by atoms with Crippen LogP contribution in [0.25, 0.3) is 0 Å². The highest BCUT2D eigenvalue weighted by Gasteiger charge is 2.14. The Bertz CT molecular complexity index is 582. The maximum Gasteiger partial charge on any atom is 0.152 e. The van der Waals surface area contributed by atoms with Gasteiger partial charge in [-0.2, -0.15) is 0 Å². The normalized spacial score (nSPS) is 12.2. The van der Waals surface area contributed by atoms with E-state index in [0.29, 0.717) is 10.7 Å². The number of nitrogens with zero attached hydrogens (tertiary/aromatic N) is 1. The Hall–Kier alpha value is -1.94. The van der Waals surface area contributed by atoms with Gasteiger partial charge in [0, 0.05) is 17.8 Å². The van der Waals surface area contributed by atoms with Gasteiger partial charge >= 0.3 is 0 Å². The van der Waals surface area contributed by atoms with Crippen LogP contribution < -0.4 is 5.32 Å². The van der Waals surface area contributed by atoms with Gasteiger partial charge in [-0.15, -0.1) is 0 Å². The molecule has 0 amide bonds. The molecule has 0 bridgehead atoms. The zero-order chi connectivity index (χ0) is 14.0. The average Bonchev–Trinajstić information content (AvgIpc) is 2.33. The maximum absolute atomic E-state index is 9.83. The Kier molecular flexibility index (Phi) is 3.81. The third kappa shape index (κ3) is 2.90. The minimum atomic E-state index is -0.166. The highest BCUT2D eigenvalue weighted by molar-refractivity contribution is 6.32. The number of hydrogen-bond donors (Lipinski definition) is 3. The van der Waals surface area contributed by atoms with Crippen LogP contribution in [0.4, 0.5) is 5.69 Å². The van der Waals surface area contributed by atoms with Gasteiger partial charge in [0.15, 0.2) is 5.15 Å². The minimum Gasteiger partial charge on any atom is -0.508 e. The fourth-order valence-corrected chi connectivity index (χ4v) is 2.15. The summed E-state index contributed by atoms with van der Waals surface area (Å²) in [5, 5.41) is 22.7. The zero-order valence-electron chi connectivity index (χ0n) is 10.7. The van der Waals surface area contributed by atoms with Crippen molar-refractivity contribution >= 4 is 17.3 Å². The number of benzene rings is 1. The molecule has 4 nitrogen and oxygen atoms in total. The van der Waals surface area contributed by atoms with Gasteiger partial charge < -0.3 is 15.5 Å². The third-order valence-corrected chi connectivity index (χ3v) is 3.24. The fourth-order valence-electron chi connectivity index (χ4n) is 1.89. The predicted octanol–water partition coefficient (Wildman–Crippen LogP) is 3.63. The van der Waals surface area contributed by atoms with E-state index >= 15 is 0 Å². The second kappa shape index (κ2) is 5.36. The molecule has 0 aliphatic rings. The first-order chi connectivity index (χ1) is 8.99. The van der Waals surface area contributed by atoms with Gasteiger partial charge in [-0.1, -0.05) is 11.6 Å². The Morgan fingerprint density at radius 1 is 1.26 bits per heavy atom. The molecule has 0 radical (unpaired) electrons. The first-order valence-corrected chi connectivity index (χ1v) is 6.26. The van der Waals surface area contributed by atoms with Crippen LogP contribution >= 0.6 is 11.6 Å². The molecule has 0 saturated heterocycles. The van der Waals surface area contributed by atoms with E-state index in [9.17, 15) is 10.2 Å². The van der Waals surface area contributed by atoms with E-state index in [-0.39, 0.29) is 17.5 Å². The average molecular weight is 279 g/mol. The summed E-state index contributed by atoms with van der Waals surface area (Å²) in [6.45, 7) is 3.83. The molecule has 0 saturated carbocycles. The van der Waals surface area contributed by atoms with Crippen molar-refractivity contribution < 1.29 is 10.2 Å². The molecule has 1 heterocycles. The van der Waals surface area contributed by atoms with Gasteiger partial charge in [0.25, 0.3) is 0 Å². The molecular weight excluding hydrogens is 264 g/mol. The quantitative estimate of drug-likeness (QED) is 0.750. The lowest BCUT2D eigenvalue weighted by Gasteiger charge is -2.19. The summed E-state index contributed by atoms with van der Waals surface area (Å²) in [6.07, 6.45) is 1.64. The van der Waals surface area contributed by atoms with E-state index in [1.807, 2.05) is 19.9 Å². The van der Waals surface area contributed by atoms with Gasteiger partial charge in [-0.3, -0.25) is 0 Å². The second-order valence-electron chi connectivity index (χ2n) is 4.40. The number of halogens is 1. The number of aromatic nitrogens is 1. The van der Waals surface area contributed by atoms with Gasteiger partial charge in [0.2, 0.25) is 0 Å². The molecule has 100 valence electrons. The minimum absolute atomic E-state index is 0.0315. The maximum atomic E-state index is 9.83. The largest absolute Gasteiger partial charge is 0.508 e. The Morgan fingerprint density at radius 2 is 2.00 bits per heavy atom.